The maximum atomic E-state index is 11.4. The van der Waals surface area contributed by atoms with Crippen molar-refractivity contribution in [1.82, 2.24) is 4.90 Å². The lowest BCUT2D eigenvalue weighted by Crippen LogP contribution is -2.42. The molecule has 1 saturated heterocycles. The predicted octanol–water partition coefficient (Wildman–Crippen LogP) is 0.862. The summed E-state index contributed by atoms with van der Waals surface area (Å²) in [4.78, 5) is 23.4. The second-order valence-electron chi connectivity index (χ2n) is 3.49. The summed E-state index contributed by atoms with van der Waals surface area (Å²) in [6.07, 6.45) is 2.56. The van der Waals surface area contributed by atoms with Gasteiger partial charge < -0.3 is 10.0 Å². The first kappa shape index (κ1) is 10.0. The highest BCUT2D eigenvalue weighted by molar-refractivity contribution is 5.78. The highest BCUT2D eigenvalue weighted by atomic mass is 16.4. The topological polar surface area (TPSA) is 57.6 Å². The van der Waals surface area contributed by atoms with Crippen LogP contribution in [-0.2, 0) is 9.59 Å². The number of likely N-dealkylation sites (tertiary alicyclic amines) is 1. The zero-order valence-corrected chi connectivity index (χ0v) is 7.82. The Morgan fingerprint density at radius 3 is 2.85 bits per heavy atom. The van der Waals surface area contributed by atoms with Crippen molar-refractivity contribution in [2.24, 2.45) is 0 Å². The van der Waals surface area contributed by atoms with Crippen LogP contribution in [0.1, 0.15) is 32.6 Å². The minimum Gasteiger partial charge on any atom is -0.481 e. The van der Waals surface area contributed by atoms with Gasteiger partial charge in [-0.1, -0.05) is 0 Å². The van der Waals surface area contributed by atoms with E-state index < -0.39 is 5.97 Å². The van der Waals surface area contributed by atoms with Crippen LogP contribution in [0.4, 0.5) is 0 Å². The molecule has 0 aliphatic carbocycles. The number of hydrogen-bond donors (Lipinski definition) is 1. The Hall–Kier alpha value is -1.06. The van der Waals surface area contributed by atoms with Crippen molar-refractivity contribution >= 4 is 11.9 Å². The fraction of sp³-hybridized carbons (Fsp3) is 0.778. The number of hydrogen-bond acceptors (Lipinski definition) is 2. The van der Waals surface area contributed by atoms with E-state index in [1.807, 2.05) is 0 Å². The Morgan fingerprint density at radius 2 is 2.31 bits per heavy atom. The molecule has 1 N–H and O–H groups in total. The molecule has 1 amide bonds. The van der Waals surface area contributed by atoms with Gasteiger partial charge in [-0.3, -0.25) is 9.59 Å². The number of aliphatic carboxylic acids is 1. The van der Waals surface area contributed by atoms with E-state index in [4.69, 9.17) is 5.11 Å². The molecule has 1 aliphatic heterocycles. The van der Waals surface area contributed by atoms with Gasteiger partial charge in [0.05, 0.1) is 6.42 Å². The lowest BCUT2D eigenvalue weighted by molar-refractivity contribution is -0.141. The zero-order chi connectivity index (χ0) is 9.84. The summed E-state index contributed by atoms with van der Waals surface area (Å²) in [5.41, 5.74) is 0. The Balaban J connectivity index is 2.48. The molecule has 0 saturated carbocycles. The number of carboxylic acids is 1. The van der Waals surface area contributed by atoms with Gasteiger partial charge in [0, 0.05) is 19.0 Å². The summed E-state index contributed by atoms with van der Waals surface area (Å²) in [7, 11) is 0. The standard InChI is InChI=1S/C9H15NO3/c1-7(6-9(12)13)10-5-3-2-4-8(10)11/h7H,2-6H2,1H3,(H,12,13)/t7-/m1/s1. The minimum atomic E-state index is -0.842. The molecule has 0 unspecified atom stereocenters. The van der Waals surface area contributed by atoms with Crippen molar-refractivity contribution in [1.29, 1.82) is 0 Å². The summed E-state index contributed by atoms with van der Waals surface area (Å²) in [6.45, 7) is 2.50. The number of piperidine rings is 1. The van der Waals surface area contributed by atoms with E-state index in [1.165, 1.54) is 0 Å². The van der Waals surface area contributed by atoms with E-state index in [0.717, 1.165) is 12.8 Å². The monoisotopic (exact) mass is 185 g/mol. The number of carboxylic acid groups (broad SMARTS) is 1. The van der Waals surface area contributed by atoms with E-state index >= 15 is 0 Å². The van der Waals surface area contributed by atoms with Crippen LogP contribution < -0.4 is 0 Å². The van der Waals surface area contributed by atoms with Gasteiger partial charge in [0.2, 0.25) is 5.91 Å². The van der Waals surface area contributed by atoms with Gasteiger partial charge in [-0.25, -0.2) is 0 Å². The Bertz CT molecular complexity index is 215. The highest BCUT2D eigenvalue weighted by Crippen LogP contribution is 2.15. The van der Waals surface area contributed by atoms with Crippen molar-refractivity contribution < 1.29 is 14.7 Å². The number of rotatable bonds is 3. The number of carbonyl (C=O) groups excluding carboxylic acids is 1. The van der Waals surface area contributed by atoms with Crippen molar-refractivity contribution in [3.63, 3.8) is 0 Å². The molecule has 13 heavy (non-hydrogen) atoms. The van der Waals surface area contributed by atoms with Gasteiger partial charge in [-0.15, -0.1) is 0 Å². The molecule has 1 heterocycles. The highest BCUT2D eigenvalue weighted by Gasteiger charge is 2.24. The van der Waals surface area contributed by atoms with Gasteiger partial charge in [0.1, 0.15) is 0 Å². The second-order valence-corrected chi connectivity index (χ2v) is 3.49. The summed E-state index contributed by atoms with van der Waals surface area (Å²) in [6, 6.07) is -0.162. The van der Waals surface area contributed by atoms with Crippen LogP contribution in [0.5, 0.6) is 0 Å². The van der Waals surface area contributed by atoms with E-state index in [2.05, 4.69) is 0 Å². The molecule has 0 spiro atoms. The van der Waals surface area contributed by atoms with E-state index in [1.54, 1.807) is 11.8 Å². The first-order valence-electron chi connectivity index (χ1n) is 4.62. The van der Waals surface area contributed by atoms with Gasteiger partial charge in [-0.05, 0) is 19.8 Å². The first-order valence-corrected chi connectivity index (χ1v) is 4.62. The van der Waals surface area contributed by atoms with Crippen molar-refractivity contribution in [3.05, 3.63) is 0 Å². The largest absolute Gasteiger partial charge is 0.481 e. The third kappa shape index (κ3) is 2.72. The fourth-order valence-corrected chi connectivity index (χ4v) is 1.66. The molecule has 0 aromatic carbocycles. The first-order chi connectivity index (χ1) is 6.11. The molecule has 74 valence electrons. The average molecular weight is 185 g/mol. The molecule has 0 bridgehead atoms. The van der Waals surface area contributed by atoms with E-state index in [0.29, 0.717) is 13.0 Å². The second kappa shape index (κ2) is 4.25. The van der Waals surface area contributed by atoms with E-state index in [-0.39, 0.29) is 18.4 Å². The van der Waals surface area contributed by atoms with Gasteiger partial charge >= 0.3 is 5.97 Å². The molecular formula is C9H15NO3. The van der Waals surface area contributed by atoms with Crippen LogP contribution in [0.3, 0.4) is 0 Å². The maximum absolute atomic E-state index is 11.4. The molecule has 4 nitrogen and oxygen atoms in total. The third-order valence-electron chi connectivity index (χ3n) is 2.36. The molecule has 4 heteroatoms. The third-order valence-corrected chi connectivity index (χ3v) is 2.36. The van der Waals surface area contributed by atoms with Gasteiger partial charge in [-0.2, -0.15) is 0 Å². The van der Waals surface area contributed by atoms with Crippen LogP contribution in [0.2, 0.25) is 0 Å². The fourth-order valence-electron chi connectivity index (χ4n) is 1.66. The van der Waals surface area contributed by atoms with Crippen LogP contribution in [0.15, 0.2) is 0 Å². The summed E-state index contributed by atoms with van der Waals surface area (Å²) in [5, 5.41) is 8.56. The maximum Gasteiger partial charge on any atom is 0.305 e. The minimum absolute atomic E-state index is 0.0474. The molecule has 1 aliphatic rings. The Kier molecular flexibility index (Phi) is 3.28. The SMILES string of the molecule is C[C@H](CC(=O)O)N1CCCCC1=O. The quantitative estimate of drug-likeness (QED) is 0.709. The number of nitrogens with zero attached hydrogens (tertiary/aromatic N) is 1. The summed E-state index contributed by atoms with van der Waals surface area (Å²) in [5.74, 6) is -0.745. The van der Waals surface area contributed by atoms with Crippen LogP contribution in [-0.4, -0.2) is 34.5 Å². The van der Waals surface area contributed by atoms with Crippen molar-refractivity contribution in [3.8, 4) is 0 Å². The molecule has 1 fully saturated rings. The average Bonchev–Trinajstić information content (AvgIpc) is 2.03. The Morgan fingerprint density at radius 1 is 1.62 bits per heavy atom. The molecule has 1 rings (SSSR count). The van der Waals surface area contributed by atoms with Crippen LogP contribution >= 0.6 is 0 Å². The van der Waals surface area contributed by atoms with Gasteiger partial charge in [0.15, 0.2) is 0 Å². The Labute approximate surface area is 77.5 Å². The molecule has 0 aromatic rings. The molecule has 1 atom stereocenters. The van der Waals surface area contributed by atoms with Crippen LogP contribution in [0.25, 0.3) is 0 Å². The molecule has 0 radical (unpaired) electrons. The molecular weight excluding hydrogens is 170 g/mol. The molecule has 0 aromatic heterocycles. The summed E-state index contributed by atoms with van der Waals surface area (Å²) < 4.78 is 0. The van der Waals surface area contributed by atoms with E-state index in [9.17, 15) is 9.59 Å². The number of amides is 1. The lowest BCUT2D eigenvalue weighted by Gasteiger charge is -2.31. The van der Waals surface area contributed by atoms with Crippen molar-refractivity contribution in [2.45, 2.75) is 38.6 Å². The summed E-state index contributed by atoms with van der Waals surface area (Å²) >= 11 is 0. The smallest absolute Gasteiger partial charge is 0.305 e. The lowest BCUT2D eigenvalue weighted by atomic mass is 10.1. The predicted molar refractivity (Wildman–Crippen MR) is 47.3 cm³/mol. The van der Waals surface area contributed by atoms with Gasteiger partial charge in [0.25, 0.3) is 0 Å². The van der Waals surface area contributed by atoms with Crippen molar-refractivity contribution in [2.75, 3.05) is 6.54 Å². The normalized spacial score (nSPS) is 20.1. The number of carbonyl (C=O) groups is 2. The zero-order valence-electron chi connectivity index (χ0n) is 7.82. The van der Waals surface area contributed by atoms with Crippen LogP contribution in [0, 0.1) is 0 Å².